The summed E-state index contributed by atoms with van der Waals surface area (Å²) in [5.41, 5.74) is 0. The van der Waals surface area contributed by atoms with E-state index in [0.717, 1.165) is 44.9 Å². The van der Waals surface area contributed by atoms with Crippen molar-refractivity contribution in [3.63, 3.8) is 0 Å². The van der Waals surface area contributed by atoms with Gasteiger partial charge in [-0.3, -0.25) is 4.99 Å². The largest absolute Gasteiger partial charge is 0.396 e. The lowest BCUT2D eigenvalue weighted by atomic mass is 9.94. The molecule has 0 spiro atoms. The molecule has 0 aliphatic carbocycles. The molecule has 1 aliphatic rings. The van der Waals surface area contributed by atoms with Crippen molar-refractivity contribution in [2.75, 3.05) is 39.5 Å². The van der Waals surface area contributed by atoms with Crippen LogP contribution in [0.4, 0.5) is 0 Å². The molecule has 1 aliphatic heterocycles. The van der Waals surface area contributed by atoms with E-state index in [1.165, 1.54) is 0 Å². The number of aliphatic hydroxyl groups excluding tert-OH is 1. The van der Waals surface area contributed by atoms with Crippen molar-refractivity contribution in [1.29, 1.82) is 0 Å². The van der Waals surface area contributed by atoms with E-state index in [1.54, 1.807) is 0 Å². The first-order valence-corrected chi connectivity index (χ1v) is 9.40. The van der Waals surface area contributed by atoms with Crippen LogP contribution < -0.4 is 10.6 Å². The number of hydrogen-bond donors (Lipinski definition) is 3. The minimum atomic E-state index is 0.185. The normalized spacial score (nSPS) is 21.1. The van der Waals surface area contributed by atoms with Crippen LogP contribution in [0.3, 0.4) is 0 Å². The zero-order valence-electron chi connectivity index (χ0n) is 15.9. The van der Waals surface area contributed by atoms with Crippen LogP contribution in [0.2, 0.25) is 0 Å². The summed E-state index contributed by atoms with van der Waals surface area (Å²) in [5.74, 6) is 1.86. The van der Waals surface area contributed by atoms with Gasteiger partial charge in [0.2, 0.25) is 0 Å². The number of nitrogens with zero attached hydrogens (tertiary/aromatic N) is 1. The van der Waals surface area contributed by atoms with Gasteiger partial charge >= 0.3 is 0 Å². The molecule has 0 radical (unpaired) electrons. The van der Waals surface area contributed by atoms with Crippen LogP contribution in [0, 0.1) is 11.8 Å². The summed E-state index contributed by atoms with van der Waals surface area (Å²) in [6.45, 7) is 12.5. The maximum Gasteiger partial charge on any atom is 0.191 e. The van der Waals surface area contributed by atoms with E-state index in [0.29, 0.717) is 25.0 Å². The van der Waals surface area contributed by atoms with Gasteiger partial charge in [0.05, 0.1) is 19.3 Å². The molecule has 1 fully saturated rings. The van der Waals surface area contributed by atoms with Crippen molar-refractivity contribution in [2.45, 2.75) is 59.1 Å². The molecule has 3 atom stereocenters. The van der Waals surface area contributed by atoms with Crippen LogP contribution in [0.1, 0.15) is 47.0 Å². The molecule has 0 bridgehead atoms. The quantitative estimate of drug-likeness (QED) is 0.394. The molecule has 0 aromatic heterocycles. The lowest BCUT2D eigenvalue weighted by molar-refractivity contribution is 0.0347. The van der Waals surface area contributed by atoms with Crippen molar-refractivity contribution < 1.29 is 14.6 Å². The van der Waals surface area contributed by atoms with Gasteiger partial charge in [0.15, 0.2) is 5.96 Å². The number of nitrogens with one attached hydrogen (secondary N) is 2. The molecule has 24 heavy (non-hydrogen) atoms. The summed E-state index contributed by atoms with van der Waals surface area (Å²) < 4.78 is 11.2. The SMILES string of the molecule is CCNC(=NCC(CCO)CC(C)C)NC(C)COC1CCOC1. The highest BCUT2D eigenvalue weighted by Gasteiger charge is 2.17. The first-order chi connectivity index (χ1) is 11.5. The highest BCUT2D eigenvalue weighted by Crippen LogP contribution is 2.15. The highest BCUT2D eigenvalue weighted by atomic mass is 16.5. The minimum Gasteiger partial charge on any atom is -0.396 e. The molecule has 0 aromatic carbocycles. The minimum absolute atomic E-state index is 0.185. The van der Waals surface area contributed by atoms with Crippen molar-refractivity contribution in [1.82, 2.24) is 10.6 Å². The average molecular weight is 344 g/mol. The predicted octanol–water partition coefficient (Wildman–Crippen LogP) is 1.78. The Kier molecular flexibility index (Phi) is 11.0. The Morgan fingerprint density at radius 3 is 2.75 bits per heavy atom. The molecule has 1 rings (SSSR count). The number of hydrogen-bond acceptors (Lipinski definition) is 4. The van der Waals surface area contributed by atoms with E-state index in [9.17, 15) is 5.11 Å². The summed E-state index contributed by atoms with van der Waals surface area (Å²) in [4.78, 5) is 4.71. The Morgan fingerprint density at radius 1 is 1.38 bits per heavy atom. The third-order valence-corrected chi connectivity index (χ3v) is 4.05. The van der Waals surface area contributed by atoms with Crippen molar-refractivity contribution in [3.8, 4) is 0 Å². The molecule has 142 valence electrons. The Hall–Kier alpha value is -0.850. The van der Waals surface area contributed by atoms with E-state index in [4.69, 9.17) is 14.5 Å². The number of rotatable bonds is 11. The molecular formula is C18H37N3O3. The van der Waals surface area contributed by atoms with Gasteiger partial charge in [-0.2, -0.15) is 0 Å². The standard InChI is InChI=1S/C18H37N3O3/c1-5-19-18(20-11-16(6-8-22)10-14(2)3)21-15(4)12-24-17-7-9-23-13-17/h14-17,22H,5-13H2,1-4H3,(H2,19,20,21). The molecule has 3 unspecified atom stereocenters. The highest BCUT2D eigenvalue weighted by molar-refractivity contribution is 5.80. The van der Waals surface area contributed by atoms with Gasteiger partial charge in [-0.05, 0) is 44.9 Å². The molecule has 6 nitrogen and oxygen atoms in total. The Balaban J connectivity index is 2.43. The van der Waals surface area contributed by atoms with Crippen LogP contribution in [-0.4, -0.2) is 62.7 Å². The van der Waals surface area contributed by atoms with Gasteiger partial charge in [-0.25, -0.2) is 0 Å². The van der Waals surface area contributed by atoms with Crippen molar-refractivity contribution >= 4 is 5.96 Å². The Morgan fingerprint density at radius 2 is 2.17 bits per heavy atom. The second kappa shape index (κ2) is 12.5. The van der Waals surface area contributed by atoms with Crippen LogP contribution >= 0.6 is 0 Å². The maximum absolute atomic E-state index is 9.23. The smallest absolute Gasteiger partial charge is 0.191 e. The van der Waals surface area contributed by atoms with Gasteiger partial charge in [-0.15, -0.1) is 0 Å². The fourth-order valence-corrected chi connectivity index (χ4v) is 2.87. The number of aliphatic imine (C=N–C) groups is 1. The first kappa shape index (κ1) is 21.2. The predicted molar refractivity (Wildman–Crippen MR) is 98.4 cm³/mol. The van der Waals surface area contributed by atoms with E-state index >= 15 is 0 Å². The summed E-state index contributed by atoms with van der Waals surface area (Å²) in [6.07, 6.45) is 3.11. The van der Waals surface area contributed by atoms with Gasteiger partial charge in [0.1, 0.15) is 0 Å². The lowest BCUT2D eigenvalue weighted by Gasteiger charge is -2.21. The van der Waals surface area contributed by atoms with E-state index < -0.39 is 0 Å². The molecule has 1 heterocycles. The molecule has 6 heteroatoms. The second-order valence-corrected chi connectivity index (χ2v) is 7.09. The summed E-state index contributed by atoms with van der Waals surface area (Å²) >= 11 is 0. The van der Waals surface area contributed by atoms with Crippen LogP contribution in [0.15, 0.2) is 4.99 Å². The molecule has 3 N–H and O–H groups in total. The molecule has 0 amide bonds. The molecule has 1 saturated heterocycles. The first-order valence-electron chi connectivity index (χ1n) is 9.40. The van der Waals surface area contributed by atoms with E-state index in [1.807, 2.05) is 0 Å². The van der Waals surface area contributed by atoms with Gasteiger partial charge in [0.25, 0.3) is 0 Å². The van der Waals surface area contributed by atoms with Crippen LogP contribution in [-0.2, 0) is 9.47 Å². The lowest BCUT2D eigenvalue weighted by Crippen LogP contribution is -2.44. The number of guanidine groups is 1. The monoisotopic (exact) mass is 343 g/mol. The summed E-state index contributed by atoms with van der Waals surface area (Å²) in [5, 5.41) is 15.9. The summed E-state index contributed by atoms with van der Waals surface area (Å²) in [6, 6.07) is 0.185. The van der Waals surface area contributed by atoms with Gasteiger partial charge in [-0.1, -0.05) is 13.8 Å². The third kappa shape index (κ3) is 9.45. The van der Waals surface area contributed by atoms with Crippen LogP contribution in [0.5, 0.6) is 0 Å². The second-order valence-electron chi connectivity index (χ2n) is 7.09. The summed E-state index contributed by atoms with van der Waals surface area (Å²) in [7, 11) is 0. The molecule has 0 saturated carbocycles. The maximum atomic E-state index is 9.23. The van der Waals surface area contributed by atoms with Gasteiger partial charge < -0.3 is 25.2 Å². The average Bonchev–Trinajstić information content (AvgIpc) is 3.04. The van der Waals surface area contributed by atoms with Crippen molar-refractivity contribution in [3.05, 3.63) is 0 Å². The fraction of sp³-hybridized carbons (Fsp3) is 0.944. The van der Waals surface area contributed by atoms with E-state index in [-0.39, 0.29) is 18.8 Å². The van der Waals surface area contributed by atoms with Crippen molar-refractivity contribution in [2.24, 2.45) is 16.8 Å². The zero-order chi connectivity index (χ0) is 17.8. The molecular weight excluding hydrogens is 306 g/mol. The van der Waals surface area contributed by atoms with Crippen LogP contribution in [0.25, 0.3) is 0 Å². The van der Waals surface area contributed by atoms with E-state index in [2.05, 4.69) is 38.3 Å². The Bertz CT molecular complexity index is 344. The topological polar surface area (TPSA) is 75.1 Å². The number of aliphatic hydroxyl groups is 1. The van der Waals surface area contributed by atoms with Gasteiger partial charge in [0, 0.05) is 32.3 Å². The molecule has 0 aromatic rings. The fourth-order valence-electron chi connectivity index (χ4n) is 2.87. The number of ether oxygens (including phenoxy) is 2. The zero-order valence-corrected chi connectivity index (χ0v) is 15.9. The third-order valence-electron chi connectivity index (χ3n) is 4.05. The Labute approximate surface area is 147 Å².